The van der Waals surface area contributed by atoms with Crippen LogP contribution in [0.3, 0.4) is 0 Å². The quantitative estimate of drug-likeness (QED) is 0.754. The Kier molecular flexibility index (Phi) is 2.87. The molecule has 0 aliphatic carbocycles. The van der Waals surface area contributed by atoms with E-state index in [0.717, 1.165) is 6.04 Å². The first-order valence-electron chi connectivity index (χ1n) is 5.56. The maximum Gasteiger partial charge on any atom is 0.0108 e. The predicted octanol–water partition coefficient (Wildman–Crippen LogP) is 2.60. The van der Waals surface area contributed by atoms with Crippen LogP contribution >= 0.6 is 0 Å². The van der Waals surface area contributed by atoms with Gasteiger partial charge in [0, 0.05) is 6.04 Å². The molecule has 0 bridgehead atoms. The Balaban J connectivity index is 2.11. The van der Waals surface area contributed by atoms with Crippen LogP contribution in [0.4, 0.5) is 0 Å². The molecule has 0 radical (unpaired) electrons. The monoisotopic (exact) mass is 189 g/mol. The largest absolute Gasteiger partial charge is 0.314 e. The summed E-state index contributed by atoms with van der Waals surface area (Å²) in [7, 11) is 0. The highest BCUT2D eigenvalue weighted by molar-refractivity contribution is 5.33. The zero-order chi connectivity index (χ0) is 9.97. The van der Waals surface area contributed by atoms with Crippen LogP contribution in [0.1, 0.15) is 29.5 Å². The predicted molar refractivity (Wildman–Crippen MR) is 60.6 cm³/mol. The third kappa shape index (κ3) is 1.98. The van der Waals surface area contributed by atoms with Crippen molar-refractivity contribution in [2.45, 2.75) is 39.2 Å². The van der Waals surface area contributed by atoms with Crippen molar-refractivity contribution in [2.24, 2.45) is 0 Å². The summed E-state index contributed by atoms with van der Waals surface area (Å²) < 4.78 is 0. The van der Waals surface area contributed by atoms with Gasteiger partial charge in [0.25, 0.3) is 0 Å². The van der Waals surface area contributed by atoms with Gasteiger partial charge >= 0.3 is 0 Å². The second-order valence-corrected chi connectivity index (χ2v) is 4.36. The molecule has 1 aromatic rings. The van der Waals surface area contributed by atoms with E-state index in [4.69, 9.17) is 0 Å². The molecule has 0 spiro atoms. The summed E-state index contributed by atoms with van der Waals surface area (Å²) in [6.07, 6.45) is 3.89. The van der Waals surface area contributed by atoms with Crippen LogP contribution in [-0.4, -0.2) is 12.6 Å². The van der Waals surface area contributed by atoms with E-state index in [-0.39, 0.29) is 0 Å². The van der Waals surface area contributed by atoms with E-state index < -0.39 is 0 Å². The van der Waals surface area contributed by atoms with E-state index in [0.29, 0.717) is 0 Å². The first-order chi connectivity index (χ1) is 6.77. The second kappa shape index (κ2) is 4.14. The Labute approximate surface area is 86.5 Å². The lowest BCUT2D eigenvalue weighted by atomic mass is 9.97. The Morgan fingerprint density at radius 2 is 2.21 bits per heavy atom. The molecule has 1 heteroatoms. The molecule has 0 amide bonds. The average Bonchev–Trinajstić information content (AvgIpc) is 2.66. The number of hydrogen-bond acceptors (Lipinski definition) is 1. The molecule has 1 heterocycles. The van der Waals surface area contributed by atoms with E-state index in [1.165, 1.54) is 42.5 Å². The number of aryl methyl sites for hydroxylation is 1. The van der Waals surface area contributed by atoms with Crippen molar-refractivity contribution in [3.05, 3.63) is 34.9 Å². The zero-order valence-corrected chi connectivity index (χ0v) is 9.14. The van der Waals surface area contributed by atoms with E-state index in [2.05, 4.69) is 37.4 Å². The van der Waals surface area contributed by atoms with Gasteiger partial charge in [0.15, 0.2) is 0 Å². The molecule has 1 saturated heterocycles. The highest BCUT2D eigenvalue weighted by Crippen LogP contribution is 2.17. The highest BCUT2D eigenvalue weighted by atomic mass is 14.9. The van der Waals surface area contributed by atoms with Crippen molar-refractivity contribution in [1.29, 1.82) is 0 Å². The molecule has 1 N–H and O–H groups in total. The molecule has 0 aromatic heterocycles. The van der Waals surface area contributed by atoms with E-state index in [9.17, 15) is 0 Å². The number of benzene rings is 1. The van der Waals surface area contributed by atoms with Gasteiger partial charge in [0.05, 0.1) is 0 Å². The van der Waals surface area contributed by atoms with Gasteiger partial charge in [-0.05, 0) is 56.3 Å². The van der Waals surface area contributed by atoms with Crippen LogP contribution in [0.5, 0.6) is 0 Å². The Morgan fingerprint density at radius 3 is 2.93 bits per heavy atom. The molecule has 1 aliphatic heterocycles. The first-order valence-corrected chi connectivity index (χ1v) is 5.56. The van der Waals surface area contributed by atoms with Gasteiger partial charge in [-0.1, -0.05) is 18.2 Å². The minimum absolute atomic E-state index is 0.718. The normalized spacial score (nSPS) is 21.4. The maximum atomic E-state index is 3.55. The lowest BCUT2D eigenvalue weighted by Crippen LogP contribution is -2.24. The van der Waals surface area contributed by atoms with Crippen molar-refractivity contribution >= 4 is 0 Å². The first kappa shape index (κ1) is 9.72. The fraction of sp³-hybridized carbons (Fsp3) is 0.538. The summed E-state index contributed by atoms with van der Waals surface area (Å²) in [5.74, 6) is 0. The lowest BCUT2D eigenvalue weighted by molar-refractivity contribution is 0.601. The SMILES string of the molecule is Cc1cccc(CC2CCCN2)c1C. The van der Waals surface area contributed by atoms with Crippen LogP contribution in [0.2, 0.25) is 0 Å². The van der Waals surface area contributed by atoms with Crippen molar-refractivity contribution in [3.63, 3.8) is 0 Å². The summed E-state index contributed by atoms with van der Waals surface area (Å²) >= 11 is 0. The number of nitrogens with one attached hydrogen (secondary N) is 1. The van der Waals surface area contributed by atoms with Crippen molar-refractivity contribution in [2.75, 3.05) is 6.54 Å². The van der Waals surface area contributed by atoms with Gasteiger partial charge in [-0.15, -0.1) is 0 Å². The molecular weight excluding hydrogens is 170 g/mol. The van der Waals surface area contributed by atoms with Crippen LogP contribution in [0.25, 0.3) is 0 Å². The molecule has 1 nitrogen and oxygen atoms in total. The standard InChI is InChI=1S/C13H19N/c1-10-5-3-6-12(11(10)2)9-13-7-4-8-14-13/h3,5-6,13-14H,4,7-9H2,1-2H3. The number of hydrogen-bond donors (Lipinski definition) is 1. The third-order valence-corrected chi connectivity index (χ3v) is 3.35. The Bertz CT molecular complexity index is 311. The molecule has 14 heavy (non-hydrogen) atoms. The number of rotatable bonds is 2. The molecule has 76 valence electrons. The molecule has 1 fully saturated rings. The second-order valence-electron chi connectivity index (χ2n) is 4.36. The smallest absolute Gasteiger partial charge is 0.0108 e. The summed E-state index contributed by atoms with van der Waals surface area (Å²) in [4.78, 5) is 0. The molecule has 2 rings (SSSR count). The van der Waals surface area contributed by atoms with Gasteiger partial charge in [0.2, 0.25) is 0 Å². The molecule has 1 unspecified atom stereocenters. The van der Waals surface area contributed by atoms with Crippen molar-refractivity contribution in [3.8, 4) is 0 Å². The van der Waals surface area contributed by atoms with Gasteiger partial charge in [-0.2, -0.15) is 0 Å². The topological polar surface area (TPSA) is 12.0 Å². The fourth-order valence-corrected chi connectivity index (χ4v) is 2.23. The summed E-state index contributed by atoms with van der Waals surface area (Å²) in [5, 5.41) is 3.55. The van der Waals surface area contributed by atoms with Crippen molar-refractivity contribution < 1.29 is 0 Å². The fourth-order valence-electron chi connectivity index (χ4n) is 2.23. The van der Waals surface area contributed by atoms with Crippen LogP contribution < -0.4 is 5.32 Å². The molecule has 1 aliphatic rings. The summed E-state index contributed by atoms with van der Waals surface area (Å²) in [6.45, 7) is 5.63. The summed E-state index contributed by atoms with van der Waals surface area (Å²) in [5.41, 5.74) is 4.41. The zero-order valence-electron chi connectivity index (χ0n) is 9.14. The summed E-state index contributed by atoms with van der Waals surface area (Å²) in [6, 6.07) is 7.35. The minimum atomic E-state index is 0.718. The minimum Gasteiger partial charge on any atom is -0.314 e. The maximum absolute atomic E-state index is 3.55. The molecule has 0 saturated carbocycles. The van der Waals surface area contributed by atoms with Crippen molar-refractivity contribution in [1.82, 2.24) is 5.32 Å². The average molecular weight is 189 g/mol. The van der Waals surface area contributed by atoms with Crippen LogP contribution in [0, 0.1) is 13.8 Å². The van der Waals surface area contributed by atoms with Gasteiger partial charge in [-0.3, -0.25) is 0 Å². The third-order valence-electron chi connectivity index (χ3n) is 3.35. The van der Waals surface area contributed by atoms with E-state index >= 15 is 0 Å². The lowest BCUT2D eigenvalue weighted by Gasteiger charge is -2.13. The molecular formula is C13H19N. The van der Waals surface area contributed by atoms with Gasteiger partial charge in [0.1, 0.15) is 0 Å². The van der Waals surface area contributed by atoms with Crippen LogP contribution in [0.15, 0.2) is 18.2 Å². The highest BCUT2D eigenvalue weighted by Gasteiger charge is 2.15. The van der Waals surface area contributed by atoms with E-state index in [1.54, 1.807) is 0 Å². The van der Waals surface area contributed by atoms with Gasteiger partial charge < -0.3 is 5.32 Å². The Hall–Kier alpha value is -0.820. The van der Waals surface area contributed by atoms with Crippen LogP contribution in [-0.2, 0) is 6.42 Å². The molecule has 1 aromatic carbocycles. The van der Waals surface area contributed by atoms with E-state index in [1.807, 2.05) is 0 Å². The van der Waals surface area contributed by atoms with Gasteiger partial charge in [-0.25, -0.2) is 0 Å². The molecule has 1 atom stereocenters. The Morgan fingerprint density at radius 1 is 1.36 bits per heavy atom.